The lowest BCUT2D eigenvalue weighted by molar-refractivity contribution is -0.127. The molecule has 1 unspecified atom stereocenters. The number of nitrogens with zero attached hydrogens (tertiary/aromatic N) is 3. The molecule has 164 valence electrons. The van der Waals surface area contributed by atoms with Gasteiger partial charge < -0.3 is 19.3 Å². The van der Waals surface area contributed by atoms with E-state index in [1.165, 1.54) is 0 Å². The molecule has 0 aliphatic heterocycles. The average molecular weight is 433 g/mol. The van der Waals surface area contributed by atoms with Crippen LogP contribution in [0.5, 0.6) is 0 Å². The number of rotatable bonds is 9. The number of carbonyl (C=O) groups is 1. The fraction of sp³-hybridized carbons (Fsp3) is 0.250. The van der Waals surface area contributed by atoms with Crippen molar-refractivity contribution < 1.29 is 24.1 Å². The first-order valence-corrected chi connectivity index (χ1v) is 10.4. The third-order valence-corrected chi connectivity index (χ3v) is 5.21. The molecule has 0 aliphatic rings. The Morgan fingerprint density at radius 1 is 0.969 bits per heavy atom. The zero-order valence-corrected chi connectivity index (χ0v) is 17.6. The Balaban J connectivity index is 1.50. The number of hydrogen-bond donors (Lipinski definition) is 2. The maximum absolute atomic E-state index is 12.1. The van der Waals surface area contributed by atoms with Crippen molar-refractivity contribution in [2.45, 2.75) is 32.3 Å². The monoisotopic (exact) mass is 433 g/mol. The molecule has 0 saturated carbocycles. The predicted octanol–water partition coefficient (Wildman–Crippen LogP) is 4.13. The highest BCUT2D eigenvalue weighted by Crippen LogP contribution is 2.31. The topological polar surface area (TPSA) is 122 Å². The van der Waals surface area contributed by atoms with E-state index in [1.807, 2.05) is 37.3 Å². The fourth-order valence-corrected chi connectivity index (χ4v) is 3.38. The van der Waals surface area contributed by atoms with Crippen LogP contribution in [0.15, 0.2) is 63.6 Å². The number of aromatic nitrogens is 3. The molecule has 32 heavy (non-hydrogen) atoms. The molecular formula is C24H23N3O5. The van der Waals surface area contributed by atoms with Crippen molar-refractivity contribution in [3.05, 3.63) is 65.7 Å². The van der Waals surface area contributed by atoms with Crippen LogP contribution in [-0.4, -0.2) is 37.9 Å². The second-order valence-electron chi connectivity index (χ2n) is 7.45. The van der Waals surface area contributed by atoms with Gasteiger partial charge in [0.25, 0.3) is 5.89 Å². The minimum absolute atomic E-state index is 0.0337. The van der Waals surface area contributed by atoms with Crippen molar-refractivity contribution in [2.24, 2.45) is 0 Å². The SMILES string of the molecule is Cc1c(-c2ccccc2)noc1-c1nc(-c2ccc(C(O)C(=O)CCCCO)cc2)no1. The van der Waals surface area contributed by atoms with Gasteiger partial charge in [0.2, 0.25) is 11.6 Å². The van der Waals surface area contributed by atoms with Gasteiger partial charge in [0.15, 0.2) is 5.78 Å². The lowest BCUT2D eigenvalue weighted by Gasteiger charge is -2.10. The summed E-state index contributed by atoms with van der Waals surface area (Å²) in [4.78, 5) is 16.5. The summed E-state index contributed by atoms with van der Waals surface area (Å²) in [6, 6.07) is 16.4. The summed E-state index contributed by atoms with van der Waals surface area (Å²) in [5.74, 6) is 0.703. The van der Waals surface area contributed by atoms with Crippen LogP contribution >= 0.6 is 0 Å². The lowest BCUT2D eigenvalue weighted by atomic mass is 10.0. The molecule has 4 aromatic rings. The number of carbonyl (C=O) groups excluding carboxylic acids is 1. The molecule has 8 nitrogen and oxygen atoms in total. The fourth-order valence-electron chi connectivity index (χ4n) is 3.38. The molecule has 8 heteroatoms. The van der Waals surface area contributed by atoms with Crippen LogP contribution in [-0.2, 0) is 4.79 Å². The molecule has 0 bridgehead atoms. The number of aliphatic hydroxyl groups is 2. The first kappa shape index (κ1) is 21.6. The van der Waals surface area contributed by atoms with Gasteiger partial charge in [-0.1, -0.05) is 64.9 Å². The van der Waals surface area contributed by atoms with Crippen molar-refractivity contribution in [3.63, 3.8) is 0 Å². The summed E-state index contributed by atoms with van der Waals surface area (Å²) in [5.41, 5.74) is 3.60. The Hall–Kier alpha value is -3.62. The highest BCUT2D eigenvalue weighted by atomic mass is 16.5. The summed E-state index contributed by atoms with van der Waals surface area (Å²) in [6.07, 6.45) is 0.106. The zero-order valence-electron chi connectivity index (χ0n) is 17.6. The highest BCUT2D eigenvalue weighted by Gasteiger charge is 2.22. The number of aliphatic hydroxyl groups excluding tert-OH is 2. The van der Waals surface area contributed by atoms with E-state index >= 15 is 0 Å². The number of unbranched alkanes of at least 4 members (excludes halogenated alkanes) is 1. The van der Waals surface area contributed by atoms with Gasteiger partial charge in [-0.25, -0.2) is 0 Å². The molecule has 0 spiro atoms. The third-order valence-electron chi connectivity index (χ3n) is 5.21. The van der Waals surface area contributed by atoms with E-state index < -0.39 is 6.10 Å². The second-order valence-corrected chi connectivity index (χ2v) is 7.45. The van der Waals surface area contributed by atoms with Crippen LogP contribution in [0.2, 0.25) is 0 Å². The molecule has 0 amide bonds. The van der Waals surface area contributed by atoms with Gasteiger partial charge in [-0.3, -0.25) is 4.79 Å². The van der Waals surface area contributed by atoms with Crippen molar-refractivity contribution in [1.82, 2.24) is 15.3 Å². The van der Waals surface area contributed by atoms with Crippen molar-refractivity contribution >= 4 is 5.78 Å². The normalized spacial score (nSPS) is 12.1. The molecule has 0 fully saturated rings. The summed E-state index contributed by atoms with van der Waals surface area (Å²) in [6.45, 7) is 1.91. The first-order chi connectivity index (χ1) is 15.6. The van der Waals surface area contributed by atoms with Crippen molar-refractivity contribution in [1.29, 1.82) is 0 Å². The molecule has 2 aromatic carbocycles. The van der Waals surface area contributed by atoms with E-state index in [0.29, 0.717) is 41.2 Å². The minimum atomic E-state index is -1.20. The van der Waals surface area contributed by atoms with E-state index in [2.05, 4.69) is 15.3 Å². The smallest absolute Gasteiger partial charge is 0.297 e. The van der Waals surface area contributed by atoms with Crippen LogP contribution in [0.3, 0.4) is 0 Å². The van der Waals surface area contributed by atoms with Crippen LogP contribution in [0.25, 0.3) is 34.3 Å². The quantitative estimate of drug-likeness (QED) is 0.378. The van der Waals surface area contributed by atoms with Crippen LogP contribution in [0.4, 0.5) is 0 Å². The molecule has 2 heterocycles. The van der Waals surface area contributed by atoms with E-state index in [1.54, 1.807) is 24.3 Å². The largest absolute Gasteiger partial charge is 0.396 e. The summed E-state index contributed by atoms with van der Waals surface area (Å²) < 4.78 is 10.9. The van der Waals surface area contributed by atoms with Gasteiger partial charge in [-0.2, -0.15) is 4.98 Å². The standard InChI is InChI=1S/C24H23N3O5/c1-15-20(16-7-3-2-4-8-16)26-31-22(15)24-25-23(27-32-24)18-12-10-17(11-13-18)21(30)19(29)9-5-6-14-28/h2-4,7-8,10-13,21,28,30H,5-6,9,14H2,1H3. The van der Waals surface area contributed by atoms with Gasteiger partial charge in [0, 0.05) is 29.7 Å². The summed E-state index contributed by atoms with van der Waals surface area (Å²) >= 11 is 0. The maximum Gasteiger partial charge on any atom is 0.297 e. The van der Waals surface area contributed by atoms with Crippen LogP contribution in [0, 0.1) is 6.92 Å². The molecule has 0 saturated heterocycles. The average Bonchev–Trinajstić information content (AvgIpc) is 3.46. The van der Waals surface area contributed by atoms with Crippen molar-refractivity contribution in [2.75, 3.05) is 6.61 Å². The second kappa shape index (κ2) is 9.67. The third kappa shape index (κ3) is 4.51. The Kier molecular flexibility index (Phi) is 6.53. The molecule has 2 aromatic heterocycles. The predicted molar refractivity (Wildman–Crippen MR) is 116 cm³/mol. The molecular weight excluding hydrogens is 410 g/mol. The first-order valence-electron chi connectivity index (χ1n) is 10.4. The number of benzene rings is 2. The molecule has 0 aliphatic carbocycles. The highest BCUT2D eigenvalue weighted by molar-refractivity contribution is 5.84. The van der Waals surface area contributed by atoms with Crippen LogP contribution < -0.4 is 0 Å². The van der Waals surface area contributed by atoms with E-state index in [9.17, 15) is 9.90 Å². The lowest BCUT2D eigenvalue weighted by Crippen LogP contribution is -2.11. The molecule has 4 rings (SSSR count). The molecule has 1 atom stereocenters. The van der Waals surface area contributed by atoms with Gasteiger partial charge in [-0.05, 0) is 25.3 Å². The summed E-state index contributed by atoms with van der Waals surface area (Å²) in [7, 11) is 0. The minimum Gasteiger partial charge on any atom is -0.396 e. The van der Waals surface area contributed by atoms with Gasteiger partial charge in [0.05, 0.1) is 0 Å². The van der Waals surface area contributed by atoms with Crippen molar-refractivity contribution in [3.8, 4) is 34.3 Å². The van der Waals surface area contributed by atoms with E-state index in [4.69, 9.17) is 14.2 Å². The zero-order chi connectivity index (χ0) is 22.5. The van der Waals surface area contributed by atoms with E-state index in [0.717, 1.165) is 11.1 Å². The number of hydrogen-bond acceptors (Lipinski definition) is 8. The Bertz CT molecular complexity index is 1180. The van der Waals surface area contributed by atoms with E-state index in [-0.39, 0.29) is 24.7 Å². The Labute approximate surface area is 184 Å². The maximum atomic E-state index is 12.1. The number of ketones is 1. The van der Waals surface area contributed by atoms with Gasteiger partial charge in [-0.15, -0.1) is 0 Å². The summed E-state index contributed by atoms with van der Waals surface area (Å²) in [5, 5.41) is 27.2. The Morgan fingerprint density at radius 3 is 2.44 bits per heavy atom. The Morgan fingerprint density at radius 2 is 1.72 bits per heavy atom. The molecule has 0 radical (unpaired) electrons. The number of Topliss-reactive ketones (excluding diaryl/α,β-unsaturated/α-hetero) is 1. The van der Waals surface area contributed by atoms with Gasteiger partial charge >= 0.3 is 0 Å². The van der Waals surface area contributed by atoms with Crippen LogP contribution in [0.1, 0.15) is 36.5 Å². The molecule has 2 N–H and O–H groups in total. The van der Waals surface area contributed by atoms with Gasteiger partial charge in [0.1, 0.15) is 11.8 Å².